The Labute approximate surface area is 119 Å². The van der Waals surface area contributed by atoms with Crippen molar-refractivity contribution in [3.8, 4) is 11.1 Å². The van der Waals surface area contributed by atoms with Crippen LogP contribution in [0.2, 0.25) is 0 Å². The summed E-state index contributed by atoms with van der Waals surface area (Å²) in [5, 5.41) is 11.0. The fourth-order valence-electron chi connectivity index (χ4n) is 2.97. The summed E-state index contributed by atoms with van der Waals surface area (Å²) in [6, 6.07) is 10.2. The van der Waals surface area contributed by atoms with Crippen molar-refractivity contribution in [3.63, 3.8) is 0 Å². The van der Waals surface area contributed by atoms with Gasteiger partial charge in [0.1, 0.15) is 5.60 Å². The number of aliphatic hydroxyl groups is 1. The lowest BCUT2D eigenvalue weighted by molar-refractivity contribution is 0.0746. The summed E-state index contributed by atoms with van der Waals surface area (Å²) in [5.74, 6) is 0. The summed E-state index contributed by atoms with van der Waals surface area (Å²) in [6.07, 6.45) is 3.51. The van der Waals surface area contributed by atoms with Gasteiger partial charge in [0.05, 0.1) is 0 Å². The van der Waals surface area contributed by atoms with E-state index in [4.69, 9.17) is 0 Å². The van der Waals surface area contributed by atoms with Crippen molar-refractivity contribution >= 4 is 12.4 Å². The molecule has 1 unspecified atom stereocenters. The molecule has 0 saturated heterocycles. The second-order valence-corrected chi connectivity index (χ2v) is 5.03. The molecule has 1 atom stereocenters. The molecule has 19 heavy (non-hydrogen) atoms. The van der Waals surface area contributed by atoms with E-state index in [2.05, 4.69) is 24.0 Å². The Morgan fingerprint density at radius 1 is 1.16 bits per heavy atom. The highest BCUT2D eigenvalue weighted by atomic mass is 35.5. The van der Waals surface area contributed by atoms with E-state index in [1.165, 1.54) is 0 Å². The number of halogens is 1. The van der Waals surface area contributed by atoms with Crippen LogP contribution >= 0.6 is 12.4 Å². The number of hydrogen-bond acceptors (Lipinski definition) is 2. The van der Waals surface area contributed by atoms with Gasteiger partial charge < -0.3 is 5.11 Å². The molecule has 0 spiro atoms. The number of aromatic nitrogens is 1. The van der Waals surface area contributed by atoms with Gasteiger partial charge in [-0.05, 0) is 36.1 Å². The predicted octanol–water partition coefficient (Wildman–Crippen LogP) is 3.83. The number of nitrogens with zero attached hydrogens (tertiary/aromatic N) is 1. The van der Waals surface area contributed by atoms with Crippen molar-refractivity contribution in [3.05, 3.63) is 53.3 Å². The van der Waals surface area contributed by atoms with Gasteiger partial charge >= 0.3 is 0 Å². The molecule has 1 aliphatic carbocycles. The van der Waals surface area contributed by atoms with Crippen molar-refractivity contribution < 1.29 is 5.11 Å². The molecule has 1 aromatic carbocycles. The van der Waals surface area contributed by atoms with Crippen molar-refractivity contribution in [2.75, 3.05) is 0 Å². The summed E-state index contributed by atoms with van der Waals surface area (Å²) in [5.41, 5.74) is 4.39. The number of benzene rings is 1. The number of rotatable bonds is 2. The number of pyridine rings is 1. The van der Waals surface area contributed by atoms with E-state index in [-0.39, 0.29) is 12.4 Å². The first-order valence-electron chi connectivity index (χ1n) is 6.46. The predicted molar refractivity (Wildman–Crippen MR) is 79.6 cm³/mol. The highest BCUT2D eigenvalue weighted by Crippen LogP contribution is 2.49. The van der Waals surface area contributed by atoms with E-state index < -0.39 is 5.60 Å². The van der Waals surface area contributed by atoms with Gasteiger partial charge in [-0.3, -0.25) is 4.98 Å². The minimum atomic E-state index is -0.860. The molecule has 100 valence electrons. The molecule has 0 saturated carbocycles. The van der Waals surface area contributed by atoms with Crippen LogP contribution < -0.4 is 0 Å². The monoisotopic (exact) mass is 275 g/mol. The van der Waals surface area contributed by atoms with E-state index in [1.807, 2.05) is 31.3 Å². The van der Waals surface area contributed by atoms with Gasteiger partial charge in [-0.25, -0.2) is 0 Å². The highest BCUT2D eigenvalue weighted by molar-refractivity contribution is 5.85. The van der Waals surface area contributed by atoms with Crippen molar-refractivity contribution in [2.24, 2.45) is 0 Å². The van der Waals surface area contributed by atoms with Crippen molar-refractivity contribution in [1.82, 2.24) is 4.98 Å². The van der Waals surface area contributed by atoms with E-state index in [0.29, 0.717) is 0 Å². The lowest BCUT2D eigenvalue weighted by Crippen LogP contribution is -2.24. The minimum Gasteiger partial charge on any atom is -0.380 e. The van der Waals surface area contributed by atoms with Crippen LogP contribution in [0.1, 0.15) is 36.6 Å². The smallest absolute Gasteiger partial charge is 0.117 e. The lowest BCUT2D eigenvalue weighted by Gasteiger charge is -2.24. The number of aryl methyl sites for hydroxylation is 1. The molecule has 3 heteroatoms. The molecule has 0 radical (unpaired) electrons. The van der Waals surface area contributed by atoms with Gasteiger partial charge in [0.15, 0.2) is 0 Å². The van der Waals surface area contributed by atoms with Crippen LogP contribution in [-0.4, -0.2) is 10.1 Å². The normalized spacial score (nSPS) is 19.5. The van der Waals surface area contributed by atoms with Gasteiger partial charge in [-0.1, -0.05) is 37.6 Å². The van der Waals surface area contributed by atoms with Gasteiger partial charge in [0, 0.05) is 17.5 Å². The summed E-state index contributed by atoms with van der Waals surface area (Å²) < 4.78 is 0. The maximum atomic E-state index is 11.0. The fraction of sp³-hybridized carbons (Fsp3) is 0.312. The summed E-state index contributed by atoms with van der Waals surface area (Å²) in [4.78, 5) is 4.35. The van der Waals surface area contributed by atoms with Gasteiger partial charge in [0.2, 0.25) is 0 Å². The minimum absolute atomic E-state index is 0. The van der Waals surface area contributed by atoms with Crippen LogP contribution in [-0.2, 0) is 5.60 Å². The van der Waals surface area contributed by atoms with Gasteiger partial charge in [-0.2, -0.15) is 0 Å². The summed E-state index contributed by atoms with van der Waals surface area (Å²) in [7, 11) is 0. The SMILES string of the molecule is CCCC1(O)c2ccccc2-c2cc(C)ncc21.Cl. The van der Waals surface area contributed by atoms with Crippen LogP contribution in [0.25, 0.3) is 11.1 Å². The Morgan fingerprint density at radius 3 is 2.63 bits per heavy atom. The first-order chi connectivity index (χ1) is 8.66. The third-order valence-corrected chi connectivity index (χ3v) is 3.76. The standard InChI is InChI=1S/C16H17NO.ClH/c1-3-8-16(18)14-7-5-4-6-12(14)13-9-11(2)17-10-15(13)16;/h4-7,9-10,18H,3,8H2,1-2H3;1H. The third kappa shape index (κ3) is 1.96. The zero-order valence-corrected chi connectivity index (χ0v) is 12.0. The quantitative estimate of drug-likeness (QED) is 0.904. The molecule has 1 aromatic heterocycles. The van der Waals surface area contributed by atoms with E-state index in [0.717, 1.165) is 40.8 Å². The zero-order valence-electron chi connectivity index (χ0n) is 11.2. The molecule has 0 aliphatic heterocycles. The maximum Gasteiger partial charge on any atom is 0.117 e. The second kappa shape index (κ2) is 4.95. The molecular weight excluding hydrogens is 258 g/mol. The highest BCUT2D eigenvalue weighted by Gasteiger charge is 2.40. The average Bonchev–Trinajstić information content (AvgIpc) is 2.61. The molecule has 0 amide bonds. The Bertz CT molecular complexity index is 611. The Hall–Kier alpha value is -1.38. The lowest BCUT2D eigenvalue weighted by atomic mass is 9.88. The Kier molecular flexibility index (Phi) is 3.66. The zero-order chi connectivity index (χ0) is 12.8. The first-order valence-corrected chi connectivity index (χ1v) is 6.46. The molecular formula is C16H18ClNO. The topological polar surface area (TPSA) is 33.1 Å². The largest absolute Gasteiger partial charge is 0.380 e. The van der Waals surface area contributed by atoms with Crippen LogP contribution in [0.3, 0.4) is 0 Å². The molecule has 1 heterocycles. The molecule has 1 aliphatic rings. The van der Waals surface area contributed by atoms with Gasteiger partial charge in [-0.15, -0.1) is 12.4 Å². The summed E-state index contributed by atoms with van der Waals surface area (Å²) >= 11 is 0. The molecule has 2 nitrogen and oxygen atoms in total. The van der Waals surface area contributed by atoms with E-state index in [9.17, 15) is 5.11 Å². The number of fused-ring (bicyclic) bond motifs is 3. The fourth-order valence-corrected chi connectivity index (χ4v) is 2.97. The molecule has 1 N–H and O–H groups in total. The van der Waals surface area contributed by atoms with Crippen molar-refractivity contribution in [1.29, 1.82) is 0 Å². The molecule has 3 rings (SSSR count). The Balaban J connectivity index is 0.00000133. The van der Waals surface area contributed by atoms with Crippen LogP contribution in [0, 0.1) is 6.92 Å². The van der Waals surface area contributed by atoms with Crippen molar-refractivity contribution in [2.45, 2.75) is 32.3 Å². The first kappa shape index (κ1) is 14.0. The van der Waals surface area contributed by atoms with Crippen LogP contribution in [0.4, 0.5) is 0 Å². The second-order valence-electron chi connectivity index (χ2n) is 5.03. The van der Waals surface area contributed by atoms with E-state index in [1.54, 1.807) is 0 Å². The van der Waals surface area contributed by atoms with Crippen LogP contribution in [0.15, 0.2) is 36.5 Å². The third-order valence-electron chi connectivity index (χ3n) is 3.76. The van der Waals surface area contributed by atoms with Gasteiger partial charge in [0.25, 0.3) is 0 Å². The maximum absolute atomic E-state index is 11.0. The average molecular weight is 276 g/mol. The molecule has 2 aromatic rings. The van der Waals surface area contributed by atoms with Crippen LogP contribution in [0.5, 0.6) is 0 Å². The molecule has 0 bridgehead atoms. The van der Waals surface area contributed by atoms with E-state index >= 15 is 0 Å². The Morgan fingerprint density at radius 2 is 1.89 bits per heavy atom. The number of hydrogen-bond donors (Lipinski definition) is 1. The molecule has 0 fully saturated rings. The summed E-state index contributed by atoms with van der Waals surface area (Å²) in [6.45, 7) is 4.08.